The summed E-state index contributed by atoms with van der Waals surface area (Å²) in [6.45, 7) is 11.5. The molecule has 2 atom stereocenters. The van der Waals surface area contributed by atoms with Gasteiger partial charge in [-0.3, -0.25) is 4.90 Å². The van der Waals surface area contributed by atoms with Crippen molar-refractivity contribution in [3.05, 3.63) is 0 Å². The third-order valence-corrected chi connectivity index (χ3v) is 2.33. The highest BCUT2D eigenvalue weighted by Gasteiger charge is 2.30. The predicted octanol–water partition coefficient (Wildman–Crippen LogP) is 0.578. The highest BCUT2D eigenvalue weighted by atomic mass is 16.6. The zero-order chi connectivity index (χ0) is 11.6. The third-order valence-electron chi connectivity index (χ3n) is 2.33. The molecular formula is C11H23N2O2+. The van der Waals surface area contributed by atoms with Gasteiger partial charge in [0, 0.05) is 0 Å². The number of nitrogens with zero attached hydrogens (tertiary/aromatic N) is 1. The van der Waals surface area contributed by atoms with E-state index in [1.54, 1.807) is 4.90 Å². The maximum Gasteiger partial charge on any atom is 0.410 e. The molecule has 1 amide bonds. The summed E-state index contributed by atoms with van der Waals surface area (Å²) < 4.78 is 5.35. The fraction of sp³-hybridized carbons (Fsp3) is 0.909. The average molecular weight is 215 g/mol. The first kappa shape index (κ1) is 12.3. The lowest BCUT2D eigenvalue weighted by molar-refractivity contribution is -0.723. The van der Waals surface area contributed by atoms with Crippen molar-refractivity contribution in [2.45, 2.75) is 52.3 Å². The summed E-state index contributed by atoms with van der Waals surface area (Å²) in [4.78, 5) is 13.6. The minimum absolute atomic E-state index is 0.186. The topological polar surface area (TPSA) is 46.2 Å². The molecule has 0 saturated carbocycles. The zero-order valence-electron chi connectivity index (χ0n) is 10.4. The van der Waals surface area contributed by atoms with Gasteiger partial charge in [-0.2, -0.15) is 0 Å². The van der Waals surface area contributed by atoms with Gasteiger partial charge in [0.25, 0.3) is 0 Å². The van der Waals surface area contributed by atoms with Gasteiger partial charge in [0.15, 0.2) is 0 Å². The molecule has 0 unspecified atom stereocenters. The lowest BCUT2D eigenvalue weighted by Gasteiger charge is -2.34. The van der Waals surface area contributed by atoms with Crippen molar-refractivity contribution >= 4 is 6.09 Å². The summed E-state index contributed by atoms with van der Waals surface area (Å²) in [5.74, 6) is 0. The van der Waals surface area contributed by atoms with Crippen molar-refractivity contribution < 1.29 is 14.8 Å². The van der Waals surface area contributed by atoms with Crippen LogP contribution < -0.4 is 5.32 Å². The maximum absolute atomic E-state index is 11.8. The van der Waals surface area contributed by atoms with Gasteiger partial charge in [-0.05, 0) is 34.6 Å². The molecule has 0 aromatic carbocycles. The lowest BCUT2D eigenvalue weighted by Crippen LogP contribution is -2.99. The van der Waals surface area contributed by atoms with Crippen molar-refractivity contribution in [1.82, 2.24) is 4.90 Å². The summed E-state index contributed by atoms with van der Waals surface area (Å²) in [5, 5.41) is 2.29. The maximum atomic E-state index is 11.8. The standard InChI is InChI=1S/C11H22N2O2/c1-8-6-13(7-9(2)12-8)10(14)15-11(3,4)5/h8-9,12H,6-7H2,1-5H3/p+1/t8-,9-/m1/s1. The minimum atomic E-state index is -0.398. The second kappa shape index (κ2) is 4.39. The van der Waals surface area contributed by atoms with Crippen LogP contribution in [0.4, 0.5) is 4.79 Å². The van der Waals surface area contributed by atoms with Crippen LogP contribution in [0.1, 0.15) is 34.6 Å². The Kier molecular flexibility index (Phi) is 3.60. The number of nitrogens with two attached hydrogens (primary N) is 1. The van der Waals surface area contributed by atoms with Crippen LogP contribution in [0.2, 0.25) is 0 Å². The number of ether oxygens (including phenoxy) is 1. The number of hydrogen-bond acceptors (Lipinski definition) is 2. The van der Waals surface area contributed by atoms with E-state index in [4.69, 9.17) is 4.74 Å². The fourth-order valence-corrected chi connectivity index (χ4v) is 1.93. The summed E-state index contributed by atoms with van der Waals surface area (Å²) >= 11 is 0. The molecule has 0 bridgehead atoms. The molecule has 2 N–H and O–H groups in total. The van der Waals surface area contributed by atoms with Crippen LogP contribution in [-0.4, -0.2) is 41.8 Å². The van der Waals surface area contributed by atoms with E-state index >= 15 is 0 Å². The first-order chi connectivity index (χ1) is 6.78. The normalized spacial score (nSPS) is 27.7. The molecule has 4 heteroatoms. The Hall–Kier alpha value is -0.770. The smallest absolute Gasteiger partial charge is 0.410 e. The van der Waals surface area contributed by atoms with E-state index in [9.17, 15) is 4.79 Å². The second-order valence-electron chi connectivity index (χ2n) is 5.53. The van der Waals surface area contributed by atoms with E-state index in [1.807, 2.05) is 20.8 Å². The van der Waals surface area contributed by atoms with Crippen LogP contribution >= 0.6 is 0 Å². The van der Waals surface area contributed by atoms with Gasteiger partial charge in [0.2, 0.25) is 0 Å². The fourth-order valence-electron chi connectivity index (χ4n) is 1.93. The van der Waals surface area contributed by atoms with E-state index in [2.05, 4.69) is 19.2 Å². The second-order valence-corrected chi connectivity index (χ2v) is 5.53. The molecule has 1 rings (SSSR count). The Balaban J connectivity index is 2.52. The molecule has 0 aromatic rings. The van der Waals surface area contributed by atoms with E-state index < -0.39 is 5.60 Å². The molecule has 4 nitrogen and oxygen atoms in total. The Bertz CT molecular complexity index is 225. The number of hydrogen-bond donors (Lipinski definition) is 1. The van der Waals surface area contributed by atoms with Gasteiger partial charge < -0.3 is 10.1 Å². The average Bonchev–Trinajstić information content (AvgIpc) is 1.98. The molecule has 0 radical (unpaired) electrons. The molecule has 0 aromatic heterocycles. The molecule has 0 aliphatic carbocycles. The quantitative estimate of drug-likeness (QED) is 0.642. The van der Waals surface area contributed by atoms with Gasteiger partial charge in [-0.15, -0.1) is 0 Å². The van der Waals surface area contributed by atoms with Crippen LogP contribution in [0.25, 0.3) is 0 Å². The van der Waals surface area contributed by atoms with Gasteiger partial charge in [-0.1, -0.05) is 0 Å². The number of carbonyl (C=O) groups excluding carboxylic acids is 1. The Morgan fingerprint density at radius 3 is 2.13 bits per heavy atom. The molecule has 1 aliphatic heterocycles. The summed E-state index contributed by atoms with van der Waals surface area (Å²) in [6, 6.07) is 0.919. The van der Waals surface area contributed by atoms with E-state index in [0.29, 0.717) is 12.1 Å². The van der Waals surface area contributed by atoms with Crippen molar-refractivity contribution in [2.75, 3.05) is 13.1 Å². The summed E-state index contributed by atoms with van der Waals surface area (Å²) in [6.07, 6.45) is -0.186. The third kappa shape index (κ3) is 4.08. The molecule has 0 spiro atoms. The first-order valence-electron chi connectivity index (χ1n) is 5.61. The van der Waals surface area contributed by atoms with E-state index in [-0.39, 0.29) is 6.09 Å². The Labute approximate surface area is 92.0 Å². The molecule has 1 saturated heterocycles. The van der Waals surface area contributed by atoms with Gasteiger partial charge in [-0.25, -0.2) is 4.79 Å². The number of rotatable bonds is 0. The van der Waals surface area contributed by atoms with Gasteiger partial charge >= 0.3 is 6.09 Å². The van der Waals surface area contributed by atoms with Crippen LogP contribution in [0.3, 0.4) is 0 Å². The van der Waals surface area contributed by atoms with Crippen molar-refractivity contribution in [1.29, 1.82) is 0 Å². The molecule has 1 aliphatic rings. The van der Waals surface area contributed by atoms with Crippen molar-refractivity contribution in [3.63, 3.8) is 0 Å². The van der Waals surface area contributed by atoms with Crippen LogP contribution in [0.15, 0.2) is 0 Å². The molecular weight excluding hydrogens is 192 g/mol. The monoisotopic (exact) mass is 215 g/mol. The number of piperazine rings is 1. The summed E-state index contributed by atoms with van der Waals surface area (Å²) in [5.41, 5.74) is -0.398. The molecule has 1 fully saturated rings. The Morgan fingerprint density at radius 2 is 1.73 bits per heavy atom. The molecule has 1 heterocycles. The van der Waals surface area contributed by atoms with Crippen LogP contribution in [0.5, 0.6) is 0 Å². The summed E-state index contributed by atoms with van der Waals surface area (Å²) in [7, 11) is 0. The largest absolute Gasteiger partial charge is 0.444 e. The number of carbonyl (C=O) groups is 1. The molecule has 88 valence electrons. The zero-order valence-corrected chi connectivity index (χ0v) is 10.4. The Morgan fingerprint density at radius 1 is 1.27 bits per heavy atom. The predicted molar refractivity (Wildman–Crippen MR) is 58.7 cm³/mol. The van der Waals surface area contributed by atoms with Crippen molar-refractivity contribution in [3.8, 4) is 0 Å². The first-order valence-corrected chi connectivity index (χ1v) is 5.61. The van der Waals surface area contributed by atoms with Gasteiger partial charge in [0.1, 0.15) is 17.7 Å². The van der Waals surface area contributed by atoms with Crippen LogP contribution in [-0.2, 0) is 4.74 Å². The van der Waals surface area contributed by atoms with Gasteiger partial charge in [0.05, 0.1) is 13.1 Å². The van der Waals surface area contributed by atoms with Crippen molar-refractivity contribution in [2.24, 2.45) is 0 Å². The van der Waals surface area contributed by atoms with E-state index in [0.717, 1.165) is 13.1 Å². The lowest BCUT2D eigenvalue weighted by atomic mass is 10.1. The number of quaternary nitrogens is 1. The highest BCUT2D eigenvalue weighted by Crippen LogP contribution is 2.11. The number of amides is 1. The SMILES string of the molecule is C[C@@H]1CN(C(=O)OC(C)(C)C)C[C@@H](C)[NH2+]1. The molecule has 15 heavy (non-hydrogen) atoms. The highest BCUT2D eigenvalue weighted by molar-refractivity contribution is 5.68. The minimum Gasteiger partial charge on any atom is -0.444 e. The van der Waals surface area contributed by atoms with E-state index in [1.165, 1.54) is 0 Å². The van der Waals surface area contributed by atoms with Crippen LogP contribution in [0, 0.1) is 0 Å².